The van der Waals surface area contributed by atoms with Crippen molar-refractivity contribution in [3.8, 4) is 0 Å². The van der Waals surface area contributed by atoms with Crippen molar-refractivity contribution in [3.63, 3.8) is 0 Å². The van der Waals surface area contributed by atoms with Gasteiger partial charge in [-0.3, -0.25) is 4.79 Å². The smallest absolute Gasteiger partial charge is 0.240 e. The minimum atomic E-state index is -3.62. The summed E-state index contributed by atoms with van der Waals surface area (Å²) >= 11 is 0. The lowest BCUT2D eigenvalue weighted by molar-refractivity contribution is -0.128. The van der Waals surface area contributed by atoms with Crippen molar-refractivity contribution < 1.29 is 17.6 Å². The Morgan fingerprint density at radius 3 is 2.35 bits per heavy atom. The zero-order chi connectivity index (χ0) is 19.2. The number of benzene rings is 2. The zero-order valence-electron chi connectivity index (χ0n) is 14.9. The molecule has 0 saturated heterocycles. The summed E-state index contributed by atoms with van der Waals surface area (Å²) in [5, 5.41) is 0. The molecular formula is C19H23FN2O3S. The second-order valence-electron chi connectivity index (χ2n) is 6.06. The van der Waals surface area contributed by atoms with Crippen molar-refractivity contribution in [1.82, 2.24) is 9.62 Å². The van der Waals surface area contributed by atoms with Crippen LogP contribution in [0.25, 0.3) is 0 Å². The number of amides is 1. The predicted octanol–water partition coefficient (Wildman–Crippen LogP) is 2.50. The average molecular weight is 378 g/mol. The SMILES string of the molecule is CC(=O)N(CCNS(=O)(=O)c1ccc(C)cc1)CCc1ccccc1F. The van der Waals surface area contributed by atoms with Crippen LogP contribution in [0.15, 0.2) is 53.4 Å². The molecule has 1 N–H and O–H groups in total. The number of carbonyl (C=O) groups is 1. The van der Waals surface area contributed by atoms with Gasteiger partial charge in [0.15, 0.2) is 0 Å². The average Bonchev–Trinajstić information content (AvgIpc) is 2.59. The molecule has 0 atom stereocenters. The number of nitrogens with zero attached hydrogens (tertiary/aromatic N) is 1. The standard InChI is InChI=1S/C19H23FN2O3S/c1-15-7-9-18(10-8-15)26(24,25)21-12-14-22(16(2)23)13-11-17-5-3-4-6-19(17)20/h3-10,21H,11-14H2,1-2H3. The normalized spacial score (nSPS) is 11.3. The molecule has 7 heteroatoms. The van der Waals surface area contributed by atoms with Crippen LogP contribution in [0.4, 0.5) is 4.39 Å². The van der Waals surface area contributed by atoms with E-state index in [4.69, 9.17) is 0 Å². The second kappa shape index (κ2) is 8.91. The van der Waals surface area contributed by atoms with E-state index in [1.807, 2.05) is 6.92 Å². The van der Waals surface area contributed by atoms with Gasteiger partial charge in [-0.2, -0.15) is 0 Å². The van der Waals surface area contributed by atoms with Crippen LogP contribution in [0.2, 0.25) is 0 Å². The molecule has 0 aliphatic rings. The molecule has 2 aromatic carbocycles. The van der Waals surface area contributed by atoms with Crippen LogP contribution >= 0.6 is 0 Å². The Balaban J connectivity index is 1.91. The first-order valence-corrected chi connectivity index (χ1v) is 9.83. The summed E-state index contributed by atoms with van der Waals surface area (Å²) in [5.74, 6) is -0.494. The lowest BCUT2D eigenvalue weighted by atomic mass is 10.1. The van der Waals surface area contributed by atoms with Crippen molar-refractivity contribution in [3.05, 3.63) is 65.5 Å². The molecule has 0 bridgehead atoms. The van der Waals surface area contributed by atoms with Crippen LogP contribution in [-0.2, 0) is 21.2 Å². The molecule has 0 unspecified atom stereocenters. The van der Waals surface area contributed by atoms with Crippen LogP contribution in [-0.4, -0.2) is 38.9 Å². The Hall–Kier alpha value is -2.25. The number of nitrogens with one attached hydrogen (secondary N) is 1. The van der Waals surface area contributed by atoms with Gasteiger partial charge < -0.3 is 4.90 Å². The first-order valence-electron chi connectivity index (χ1n) is 8.35. The summed E-state index contributed by atoms with van der Waals surface area (Å²) in [6, 6.07) is 12.9. The third kappa shape index (κ3) is 5.64. The molecule has 0 fully saturated rings. The lowest BCUT2D eigenvalue weighted by Crippen LogP contribution is -2.38. The van der Waals surface area contributed by atoms with Gasteiger partial charge in [-0.1, -0.05) is 35.9 Å². The summed E-state index contributed by atoms with van der Waals surface area (Å²) < 4.78 is 40.7. The molecule has 0 radical (unpaired) electrons. The second-order valence-corrected chi connectivity index (χ2v) is 7.83. The first kappa shape index (κ1) is 20.1. The highest BCUT2D eigenvalue weighted by atomic mass is 32.2. The number of hydrogen-bond acceptors (Lipinski definition) is 3. The number of halogens is 1. The minimum Gasteiger partial charge on any atom is -0.341 e. The van der Waals surface area contributed by atoms with E-state index in [9.17, 15) is 17.6 Å². The van der Waals surface area contributed by atoms with Crippen LogP contribution in [0.1, 0.15) is 18.1 Å². The van der Waals surface area contributed by atoms with Gasteiger partial charge in [-0.05, 0) is 37.1 Å². The molecule has 2 aromatic rings. The van der Waals surface area contributed by atoms with Crippen molar-refractivity contribution in [2.75, 3.05) is 19.6 Å². The van der Waals surface area contributed by atoms with Gasteiger partial charge in [0.2, 0.25) is 15.9 Å². The number of hydrogen-bond donors (Lipinski definition) is 1. The van der Waals surface area contributed by atoms with E-state index in [1.165, 1.54) is 17.9 Å². The molecule has 0 aliphatic heterocycles. The Bertz CT molecular complexity index is 851. The maximum absolute atomic E-state index is 13.7. The van der Waals surface area contributed by atoms with Gasteiger partial charge in [0.25, 0.3) is 0 Å². The molecule has 0 saturated carbocycles. The summed E-state index contributed by atoms with van der Waals surface area (Å²) in [4.78, 5) is 13.5. The van der Waals surface area contributed by atoms with E-state index in [-0.39, 0.29) is 29.7 Å². The molecule has 5 nitrogen and oxygen atoms in total. The van der Waals surface area contributed by atoms with Crippen LogP contribution in [0.5, 0.6) is 0 Å². The summed E-state index contributed by atoms with van der Waals surface area (Å²) in [6.45, 7) is 3.92. The molecule has 0 aliphatic carbocycles. The van der Waals surface area contributed by atoms with E-state index in [1.54, 1.807) is 42.5 Å². The van der Waals surface area contributed by atoms with E-state index < -0.39 is 10.0 Å². The van der Waals surface area contributed by atoms with Gasteiger partial charge in [-0.25, -0.2) is 17.5 Å². The third-order valence-electron chi connectivity index (χ3n) is 4.06. The fourth-order valence-corrected chi connectivity index (χ4v) is 3.52. The summed E-state index contributed by atoms with van der Waals surface area (Å²) in [5.41, 5.74) is 1.50. The first-order chi connectivity index (χ1) is 12.3. The summed E-state index contributed by atoms with van der Waals surface area (Å²) in [7, 11) is -3.62. The number of aryl methyl sites for hydroxylation is 1. The molecule has 1 amide bonds. The van der Waals surface area contributed by atoms with Crippen molar-refractivity contribution >= 4 is 15.9 Å². The summed E-state index contributed by atoms with van der Waals surface area (Å²) in [6.07, 6.45) is 0.372. The van der Waals surface area contributed by atoms with E-state index >= 15 is 0 Å². The van der Waals surface area contributed by atoms with E-state index in [2.05, 4.69) is 4.72 Å². The molecule has 2 rings (SSSR count). The Morgan fingerprint density at radius 2 is 1.73 bits per heavy atom. The van der Waals surface area contributed by atoms with E-state index in [0.717, 1.165) is 5.56 Å². The molecule has 0 aromatic heterocycles. The Morgan fingerprint density at radius 1 is 1.08 bits per heavy atom. The van der Waals surface area contributed by atoms with Crippen LogP contribution in [0, 0.1) is 12.7 Å². The van der Waals surface area contributed by atoms with Gasteiger partial charge in [0.1, 0.15) is 5.82 Å². The van der Waals surface area contributed by atoms with Crippen molar-refractivity contribution in [2.24, 2.45) is 0 Å². The fourth-order valence-electron chi connectivity index (χ4n) is 2.50. The minimum absolute atomic E-state index is 0.0903. The van der Waals surface area contributed by atoms with Gasteiger partial charge in [-0.15, -0.1) is 0 Å². The third-order valence-corrected chi connectivity index (χ3v) is 5.54. The molecule has 140 valence electrons. The van der Waals surface area contributed by atoms with Gasteiger partial charge >= 0.3 is 0 Å². The maximum atomic E-state index is 13.7. The van der Waals surface area contributed by atoms with Crippen molar-refractivity contribution in [1.29, 1.82) is 0 Å². The molecule has 0 heterocycles. The van der Waals surface area contributed by atoms with Crippen LogP contribution in [0.3, 0.4) is 0 Å². The quantitative estimate of drug-likeness (QED) is 0.768. The Kier molecular flexibility index (Phi) is 6.88. The zero-order valence-corrected chi connectivity index (χ0v) is 15.7. The van der Waals surface area contributed by atoms with Crippen molar-refractivity contribution in [2.45, 2.75) is 25.2 Å². The molecular weight excluding hydrogens is 355 g/mol. The van der Waals surface area contributed by atoms with Crippen LogP contribution < -0.4 is 4.72 Å². The number of carbonyl (C=O) groups excluding carboxylic acids is 1. The molecule has 26 heavy (non-hydrogen) atoms. The highest BCUT2D eigenvalue weighted by Crippen LogP contribution is 2.10. The Labute approximate surface area is 153 Å². The number of rotatable bonds is 8. The number of sulfonamides is 1. The topological polar surface area (TPSA) is 66.5 Å². The molecule has 0 spiro atoms. The maximum Gasteiger partial charge on any atom is 0.240 e. The largest absolute Gasteiger partial charge is 0.341 e. The monoisotopic (exact) mass is 378 g/mol. The highest BCUT2D eigenvalue weighted by molar-refractivity contribution is 7.89. The van der Waals surface area contributed by atoms with Gasteiger partial charge in [0, 0.05) is 26.6 Å². The predicted molar refractivity (Wildman–Crippen MR) is 98.7 cm³/mol. The lowest BCUT2D eigenvalue weighted by Gasteiger charge is -2.21. The van der Waals surface area contributed by atoms with Gasteiger partial charge in [0.05, 0.1) is 4.90 Å². The highest BCUT2D eigenvalue weighted by Gasteiger charge is 2.15. The fraction of sp³-hybridized carbons (Fsp3) is 0.316. The van der Waals surface area contributed by atoms with E-state index in [0.29, 0.717) is 18.5 Å².